The van der Waals surface area contributed by atoms with Gasteiger partial charge in [-0.05, 0) is 47.5 Å². The molecule has 0 aromatic heterocycles. The highest BCUT2D eigenvalue weighted by Crippen LogP contribution is 2.35. The van der Waals surface area contributed by atoms with Crippen molar-refractivity contribution in [1.29, 1.82) is 0 Å². The molecule has 0 amide bonds. The van der Waals surface area contributed by atoms with Gasteiger partial charge in [-0.2, -0.15) is 0 Å². The van der Waals surface area contributed by atoms with Gasteiger partial charge in [-0.3, -0.25) is 0 Å². The first-order valence-corrected chi connectivity index (χ1v) is 8.67. The normalized spacial score (nSPS) is 10.5. The summed E-state index contributed by atoms with van der Waals surface area (Å²) in [6, 6.07) is 37.4. The number of anilines is 3. The van der Waals surface area contributed by atoms with E-state index in [1.807, 2.05) is 24.3 Å². The molecule has 0 aliphatic rings. The standard InChI is InChI=1S/C24H18BN/c25-21-14-16-23(17-15-21)26(22-11-5-2-6-12-22)24-13-7-10-20(18-24)19-8-3-1-4-9-19/h1-18H. The maximum Gasteiger partial charge on any atom is 0.113 e. The monoisotopic (exact) mass is 331 g/mol. The summed E-state index contributed by atoms with van der Waals surface area (Å²) in [5.74, 6) is 0. The first-order chi connectivity index (χ1) is 12.8. The first-order valence-electron chi connectivity index (χ1n) is 8.67. The van der Waals surface area contributed by atoms with Gasteiger partial charge in [-0.25, -0.2) is 0 Å². The van der Waals surface area contributed by atoms with Crippen LogP contribution in [0.15, 0.2) is 109 Å². The molecular formula is C24H18BN. The fraction of sp³-hybridized carbons (Fsp3) is 0. The van der Waals surface area contributed by atoms with E-state index >= 15 is 0 Å². The van der Waals surface area contributed by atoms with Gasteiger partial charge in [0.25, 0.3) is 0 Å². The van der Waals surface area contributed by atoms with E-state index in [1.54, 1.807) is 0 Å². The van der Waals surface area contributed by atoms with Crippen LogP contribution in [0.1, 0.15) is 0 Å². The van der Waals surface area contributed by atoms with Crippen molar-refractivity contribution >= 4 is 30.4 Å². The molecule has 1 nitrogen and oxygen atoms in total. The van der Waals surface area contributed by atoms with E-state index in [1.165, 1.54) is 11.1 Å². The molecule has 0 unspecified atom stereocenters. The van der Waals surface area contributed by atoms with E-state index in [9.17, 15) is 0 Å². The Morgan fingerprint density at radius 3 is 1.69 bits per heavy atom. The molecule has 0 bridgehead atoms. The van der Waals surface area contributed by atoms with Crippen LogP contribution in [0.25, 0.3) is 11.1 Å². The molecule has 4 aromatic carbocycles. The Kier molecular flexibility index (Phi) is 4.57. The number of rotatable bonds is 4. The Labute approximate surface area is 156 Å². The minimum atomic E-state index is 0.764. The van der Waals surface area contributed by atoms with E-state index in [4.69, 9.17) is 7.85 Å². The maximum atomic E-state index is 5.89. The lowest BCUT2D eigenvalue weighted by Crippen LogP contribution is -2.11. The van der Waals surface area contributed by atoms with E-state index in [-0.39, 0.29) is 0 Å². The van der Waals surface area contributed by atoms with Crippen molar-refractivity contribution < 1.29 is 0 Å². The van der Waals surface area contributed by atoms with Gasteiger partial charge in [0.1, 0.15) is 7.85 Å². The molecule has 122 valence electrons. The van der Waals surface area contributed by atoms with Crippen molar-refractivity contribution in [1.82, 2.24) is 0 Å². The Morgan fingerprint density at radius 1 is 0.462 bits per heavy atom. The third kappa shape index (κ3) is 3.40. The Balaban J connectivity index is 1.83. The van der Waals surface area contributed by atoms with Crippen LogP contribution < -0.4 is 10.4 Å². The zero-order chi connectivity index (χ0) is 17.8. The molecule has 0 saturated carbocycles. The molecule has 4 rings (SSSR count). The summed E-state index contributed by atoms with van der Waals surface area (Å²) < 4.78 is 0. The zero-order valence-electron chi connectivity index (χ0n) is 14.4. The molecular weight excluding hydrogens is 313 g/mol. The highest BCUT2D eigenvalue weighted by Gasteiger charge is 2.12. The van der Waals surface area contributed by atoms with Crippen LogP contribution in [0.5, 0.6) is 0 Å². The Bertz CT molecular complexity index is 979. The molecule has 0 fully saturated rings. The molecule has 2 radical (unpaired) electrons. The van der Waals surface area contributed by atoms with Crippen LogP contribution in [-0.2, 0) is 0 Å². The van der Waals surface area contributed by atoms with E-state index in [2.05, 4.69) is 89.8 Å². The fourth-order valence-electron chi connectivity index (χ4n) is 3.10. The van der Waals surface area contributed by atoms with Crippen molar-refractivity contribution in [3.8, 4) is 11.1 Å². The second-order valence-corrected chi connectivity index (χ2v) is 6.18. The van der Waals surface area contributed by atoms with Crippen LogP contribution in [0, 0.1) is 0 Å². The van der Waals surface area contributed by atoms with Crippen molar-refractivity contribution in [2.75, 3.05) is 4.90 Å². The summed E-state index contributed by atoms with van der Waals surface area (Å²) in [4.78, 5) is 2.24. The van der Waals surface area contributed by atoms with Gasteiger partial charge in [0.15, 0.2) is 0 Å². The summed E-state index contributed by atoms with van der Waals surface area (Å²) in [7, 11) is 5.89. The van der Waals surface area contributed by atoms with Crippen molar-refractivity contribution in [2.24, 2.45) is 0 Å². The number of nitrogens with zero attached hydrogens (tertiary/aromatic N) is 1. The minimum Gasteiger partial charge on any atom is -0.310 e. The lowest BCUT2D eigenvalue weighted by atomic mass is 9.96. The molecule has 0 heterocycles. The lowest BCUT2D eigenvalue weighted by molar-refractivity contribution is 1.29. The topological polar surface area (TPSA) is 3.24 Å². The van der Waals surface area contributed by atoms with E-state index in [0.717, 1.165) is 22.5 Å². The third-order valence-corrected chi connectivity index (χ3v) is 4.38. The Morgan fingerprint density at radius 2 is 1.00 bits per heavy atom. The van der Waals surface area contributed by atoms with Gasteiger partial charge >= 0.3 is 0 Å². The predicted octanol–water partition coefficient (Wildman–Crippen LogP) is 5.62. The number of benzene rings is 4. The van der Waals surface area contributed by atoms with Gasteiger partial charge in [0.2, 0.25) is 0 Å². The maximum absolute atomic E-state index is 5.89. The summed E-state index contributed by atoms with van der Waals surface area (Å²) in [6.07, 6.45) is 0. The zero-order valence-corrected chi connectivity index (χ0v) is 14.4. The lowest BCUT2D eigenvalue weighted by Gasteiger charge is -2.26. The van der Waals surface area contributed by atoms with Crippen molar-refractivity contribution in [3.63, 3.8) is 0 Å². The second kappa shape index (κ2) is 7.32. The van der Waals surface area contributed by atoms with Crippen LogP contribution in [0.2, 0.25) is 0 Å². The van der Waals surface area contributed by atoms with E-state index in [0.29, 0.717) is 0 Å². The molecule has 0 aliphatic heterocycles. The highest BCUT2D eigenvalue weighted by molar-refractivity contribution is 6.32. The fourth-order valence-corrected chi connectivity index (χ4v) is 3.10. The van der Waals surface area contributed by atoms with E-state index < -0.39 is 0 Å². The average molecular weight is 331 g/mol. The summed E-state index contributed by atoms with van der Waals surface area (Å²) in [5, 5.41) is 0. The van der Waals surface area contributed by atoms with Crippen molar-refractivity contribution in [2.45, 2.75) is 0 Å². The van der Waals surface area contributed by atoms with Gasteiger partial charge in [0, 0.05) is 17.1 Å². The van der Waals surface area contributed by atoms with Gasteiger partial charge in [-0.1, -0.05) is 78.3 Å². The molecule has 0 aliphatic carbocycles. The second-order valence-electron chi connectivity index (χ2n) is 6.18. The predicted molar refractivity (Wildman–Crippen MR) is 112 cm³/mol. The van der Waals surface area contributed by atoms with Gasteiger partial charge < -0.3 is 4.90 Å². The molecule has 26 heavy (non-hydrogen) atoms. The van der Waals surface area contributed by atoms with Crippen LogP contribution >= 0.6 is 0 Å². The van der Waals surface area contributed by atoms with Crippen LogP contribution in [-0.4, -0.2) is 7.85 Å². The number of para-hydroxylation sites is 1. The number of hydrogen-bond acceptors (Lipinski definition) is 1. The quantitative estimate of drug-likeness (QED) is 0.439. The molecule has 0 atom stereocenters. The van der Waals surface area contributed by atoms with Crippen molar-refractivity contribution in [3.05, 3.63) is 109 Å². The molecule has 4 aromatic rings. The van der Waals surface area contributed by atoms with Crippen LogP contribution in [0.3, 0.4) is 0 Å². The summed E-state index contributed by atoms with van der Waals surface area (Å²) in [5.41, 5.74) is 6.47. The third-order valence-electron chi connectivity index (χ3n) is 4.38. The van der Waals surface area contributed by atoms with Crippen LogP contribution in [0.4, 0.5) is 17.1 Å². The molecule has 0 spiro atoms. The largest absolute Gasteiger partial charge is 0.310 e. The Hall–Kier alpha value is -3.26. The molecule has 0 saturated heterocycles. The summed E-state index contributed by atoms with van der Waals surface area (Å²) in [6.45, 7) is 0. The molecule has 0 N–H and O–H groups in total. The number of hydrogen-bond donors (Lipinski definition) is 0. The smallest absolute Gasteiger partial charge is 0.113 e. The molecule has 2 heteroatoms. The van der Waals surface area contributed by atoms with Gasteiger partial charge in [0.05, 0.1) is 0 Å². The average Bonchev–Trinajstić information content (AvgIpc) is 2.71. The van der Waals surface area contributed by atoms with Gasteiger partial charge in [-0.15, -0.1) is 0 Å². The highest BCUT2D eigenvalue weighted by atomic mass is 15.1. The first kappa shape index (κ1) is 16.2. The SMILES string of the molecule is [B]c1ccc(N(c2ccccc2)c2cccc(-c3ccccc3)c2)cc1. The minimum absolute atomic E-state index is 0.764. The summed E-state index contributed by atoms with van der Waals surface area (Å²) >= 11 is 0.